The zero-order valence-corrected chi connectivity index (χ0v) is 15.8. The van der Waals surface area contributed by atoms with Gasteiger partial charge in [0.1, 0.15) is 0 Å². The van der Waals surface area contributed by atoms with E-state index in [4.69, 9.17) is 5.21 Å². The molecule has 0 radical (unpaired) electrons. The number of hydroxylamine groups is 1. The van der Waals surface area contributed by atoms with Crippen LogP contribution >= 0.6 is 0 Å². The van der Waals surface area contributed by atoms with Gasteiger partial charge in [0.15, 0.2) is 0 Å². The van der Waals surface area contributed by atoms with Gasteiger partial charge in [-0.05, 0) is 54.6 Å². The van der Waals surface area contributed by atoms with Crippen LogP contribution in [-0.2, 0) is 17.8 Å². The molecule has 1 fully saturated rings. The first-order valence-electron chi connectivity index (χ1n) is 9.73. The second kappa shape index (κ2) is 8.42. The van der Waals surface area contributed by atoms with Crippen LogP contribution in [0.3, 0.4) is 0 Å². The average molecular weight is 375 g/mol. The van der Waals surface area contributed by atoms with E-state index in [1.165, 1.54) is 40.9 Å². The normalized spacial score (nSPS) is 17.5. The number of para-hydroxylation sites is 1. The lowest BCUT2D eigenvalue weighted by atomic mass is 10.0. The SMILES string of the molecule is O=C(/C=C/c1ccc(CN2CCCC2Cc2c[nH]c3ccccc23)cc1)NO. The van der Waals surface area contributed by atoms with Gasteiger partial charge in [-0.2, -0.15) is 0 Å². The predicted molar refractivity (Wildman–Crippen MR) is 111 cm³/mol. The molecule has 1 saturated heterocycles. The molecule has 5 nitrogen and oxygen atoms in total. The highest BCUT2D eigenvalue weighted by Gasteiger charge is 2.25. The molecule has 28 heavy (non-hydrogen) atoms. The molecule has 1 atom stereocenters. The fraction of sp³-hybridized carbons (Fsp3) is 0.261. The minimum atomic E-state index is -0.527. The number of hydrogen-bond donors (Lipinski definition) is 3. The van der Waals surface area contributed by atoms with Gasteiger partial charge in [0.25, 0.3) is 5.91 Å². The summed E-state index contributed by atoms with van der Waals surface area (Å²) in [7, 11) is 0. The molecular weight excluding hydrogens is 350 g/mol. The van der Waals surface area contributed by atoms with Crippen molar-refractivity contribution in [2.45, 2.75) is 31.8 Å². The van der Waals surface area contributed by atoms with Crippen LogP contribution in [0, 0.1) is 0 Å². The quantitative estimate of drug-likeness (QED) is 0.348. The molecule has 1 aromatic heterocycles. The van der Waals surface area contributed by atoms with Gasteiger partial charge in [0, 0.05) is 35.8 Å². The Morgan fingerprint density at radius 2 is 2.04 bits per heavy atom. The lowest BCUT2D eigenvalue weighted by Crippen LogP contribution is -2.30. The number of aromatic amines is 1. The minimum Gasteiger partial charge on any atom is -0.361 e. The standard InChI is InChI=1S/C23H25N3O2/c27-23(25-28)12-11-17-7-9-18(10-8-17)16-26-13-3-4-20(26)14-19-15-24-22-6-2-1-5-21(19)22/h1-2,5-12,15,20,24,28H,3-4,13-14,16H2,(H,25,27)/b12-11+. The summed E-state index contributed by atoms with van der Waals surface area (Å²) in [5, 5.41) is 9.86. The number of amides is 1. The topological polar surface area (TPSA) is 68.4 Å². The van der Waals surface area contributed by atoms with Gasteiger partial charge in [-0.25, -0.2) is 5.48 Å². The lowest BCUT2D eigenvalue weighted by Gasteiger charge is -2.24. The van der Waals surface area contributed by atoms with E-state index < -0.39 is 5.91 Å². The van der Waals surface area contributed by atoms with Crippen LogP contribution in [0.15, 0.2) is 60.8 Å². The third-order valence-corrected chi connectivity index (χ3v) is 5.53. The molecule has 2 aromatic carbocycles. The number of rotatable bonds is 6. The highest BCUT2D eigenvalue weighted by Crippen LogP contribution is 2.27. The van der Waals surface area contributed by atoms with E-state index >= 15 is 0 Å². The molecule has 0 saturated carbocycles. The Bertz CT molecular complexity index is 975. The number of benzene rings is 2. The van der Waals surface area contributed by atoms with Crippen LogP contribution in [0.5, 0.6) is 0 Å². The first kappa shape index (κ1) is 18.5. The number of carbonyl (C=O) groups is 1. The Morgan fingerprint density at radius 1 is 1.21 bits per heavy atom. The van der Waals surface area contributed by atoms with Crippen LogP contribution in [0.4, 0.5) is 0 Å². The zero-order chi connectivity index (χ0) is 19.3. The molecule has 0 spiro atoms. The Hall–Kier alpha value is -2.89. The van der Waals surface area contributed by atoms with Crippen LogP contribution < -0.4 is 5.48 Å². The highest BCUT2D eigenvalue weighted by molar-refractivity contribution is 5.90. The van der Waals surface area contributed by atoms with Crippen LogP contribution in [0.1, 0.15) is 29.5 Å². The molecule has 5 heteroatoms. The van der Waals surface area contributed by atoms with Crippen molar-refractivity contribution in [3.8, 4) is 0 Å². The number of likely N-dealkylation sites (tertiary alicyclic amines) is 1. The van der Waals surface area contributed by atoms with E-state index in [2.05, 4.69) is 52.5 Å². The Kier molecular flexibility index (Phi) is 5.55. The molecule has 3 aromatic rings. The number of hydrogen-bond acceptors (Lipinski definition) is 3. The third kappa shape index (κ3) is 4.16. The molecule has 1 aliphatic heterocycles. The van der Waals surface area contributed by atoms with Crippen molar-refractivity contribution in [3.05, 3.63) is 77.5 Å². The van der Waals surface area contributed by atoms with Gasteiger partial charge in [0.2, 0.25) is 0 Å². The number of nitrogens with one attached hydrogen (secondary N) is 2. The van der Waals surface area contributed by atoms with Crippen LogP contribution in [0.25, 0.3) is 17.0 Å². The summed E-state index contributed by atoms with van der Waals surface area (Å²) in [5.74, 6) is -0.527. The van der Waals surface area contributed by atoms with Gasteiger partial charge in [0.05, 0.1) is 0 Å². The Morgan fingerprint density at radius 3 is 2.86 bits per heavy atom. The predicted octanol–water partition coefficient (Wildman–Crippen LogP) is 3.89. The summed E-state index contributed by atoms with van der Waals surface area (Å²) in [6.07, 6.45) is 8.70. The molecule has 1 amide bonds. The molecule has 0 bridgehead atoms. The summed E-state index contributed by atoms with van der Waals surface area (Å²) in [4.78, 5) is 17.0. The minimum absolute atomic E-state index is 0.527. The van der Waals surface area contributed by atoms with E-state index in [0.29, 0.717) is 6.04 Å². The molecule has 4 rings (SSSR count). The fourth-order valence-corrected chi connectivity index (χ4v) is 4.07. The summed E-state index contributed by atoms with van der Waals surface area (Å²) >= 11 is 0. The lowest BCUT2D eigenvalue weighted by molar-refractivity contribution is -0.124. The Labute approximate surface area is 164 Å². The van der Waals surface area contributed by atoms with Gasteiger partial charge >= 0.3 is 0 Å². The van der Waals surface area contributed by atoms with E-state index in [1.807, 2.05) is 12.1 Å². The van der Waals surface area contributed by atoms with Crippen LogP contribution in [0.2, 0.25) is 0 Å². The highest BCUT2D eigenvalue weighted by atomic mass is 16.5. The number of nitrogens with zero attached hydrogens (tertiary/aromatic N) is 1. The van der Waals surface area contributed by atoms with Gasteiger partial charge in [-0.3, -0.25) is 14.9 Å². The maximum absolute atomic E-state index is 11.1. The summed E-state index contributed by atoms with van der Waals surface area (Å²) in [6, 6.07) is 17.3. The zero-order valence-electron chi connectivity index (χ0n) is 15.8. The van der Waals surface area contributed by atoms with E-state index in [-0.39, 0.29) is 0 Å². The fourth-order valence-electron chi connectivity index (χ4n) is 4.07. The van der Waals surface area contributed by atoms with Crippen molar-refractivity contribution in [2.24, 2.45) is 0 Å². The monoisotopic (exact) mass is 375 g/mol. The van der Waals surface area contributed by atoms with Gasteiger partial charge in [-0.1, -0.05) is 42.5 Å². The molecule has 0 aliphatic carbocycles. The molecule has 3 N–H and O–H groups in total. The van der Waals surface area contributed by atoms with Crippen molar-refractivity contribution >= 4 is 22.9 Å². The van der Waals surface area contributed by atoms with E-state index in [0.717, 1.165) is 25.1 Å². The molecule has 1 unspecified atom stereocenters. The number of H-pyrrole nitrogens is 1. The average Bonchev–Trinajstić information content (AvgIpc) is 3.35. The smallest absolute Gasteiger partial charge is 0.267 e. The van der Waals surface area contributed by atoms with E-state index in [1.54, 1.807) is 11.6 Å². The van der Waals surface area contributed by atoms with Gasteiger partial charge in [-0.15, -0.1) is 0 Å². The Balaban J connectivity index is 1.41. The first-order valence-corrected chi connectivity index (χ1v) is 9.73. The van der Waals surface area contributed by atoms with Crippen molar-refractivity contribution in [3.63, 3.8) is 0 Å². The van der Waals surface area contributed by atoms with Crippen molar-refractivity contribution in [1.29, 1.82) is 0 Å². The first-order chi connectivity index (χ1) is 13.7. The van der Waals surface area contributed by atoms with Crippen LogP contribution in [-0.4, -0.2) is 33.6 Å². The summed E-state index contributed by atoms with van der Waals surface area (Å²) in [6.45, 7) is 2.07. The number of fused-ring (bicyclic) bond motifs is 1. The maximum Gasteiger partial charge on any atom is 0.267 e. The summed E-state index contributed by atoms with van der Waals surface area (Å²) in [5.41, 5.74) is 6.41. The largest absolute Gasteiger partial charge is 0.361 e. The molecule has 2 heterocycles. The van der Waals surface area contributed by atoms with Crippen molar-refractivity contribution in [2.75, 3.05) is 6.54 Å². The maximum atomic E-state index is 11.1. The third-order valence-electron chi connectivity index (χ3n) is 5.53. The number of aromatic nitrogens is 1. The second-order valence-electron chi connectivity index (χ2n) is 7.38. The second-order valence-corrected chi connectivity index (χ2v) is 7.38. The number of carbonyl (C=O) groups excluding carboxylic acids is 1. The molecule has 1 aliphatic rings. The molecule has 144 valence electrons. The van der Waals surface area contributed by atoms with Crippen molar-refractivity contribution < 1.29 is 10.0 Å². The van der Waals surface area contributed by atoms with E-state index in [9.17, 15) is 4.79 Å². The molecular formula is C23H25N3O2. The van der Waals surface area contributed by atoms with Gasteiger partial charge < -0.3 is 4.98 Å². The van der Waals surface area contributed by atoms with Crippen molar-refractivity contribution in [1.82, 2.24) is 15.4 Å². The summed E-state index contributed by atoms with van der Waals surface area (Å²) < 4.78 is 0.